The number of hydrogen-bond acceptors (Lipinski definition) is 1. The van der Waals surface area contributed by atoms with E-state index in [1.165, 1.54) is 0 Å². The first kappa shape index (κ1) is 20.1. The standard InChI is InChI=1S/C18H14OP.C5H5.Fe/c19-18(15-9-7-8-10-15)20(16-11-3-1-4-12-16)17-13-5-2-6-14-17;1-2-4-5-3-1;/h1-14H;1-5H;/q-1;-5;. The summed E-state index contributed by atoms with van der Waals surface area (Å²) < 4.78 is 0. The maximum absolute atomic E-state index is 12.8. The largest absolute Gasteiger partial charge is 0.748 e. The normalized spacial score (nSPS) is 9.73. The minimum atomic E-state index is -1.00. The molecular formula is C23H19FeOP-6. The van der Waals surface area contributed by atoms with Crippen LogP contribution in [0.25, 0.3) is 0 Å². The number of carbonyl (C=O) groups is 1. The van der Waals surface area contributed by atoms with Crippen molar-refractivity contribution in [3.63, 3.8) is 0 Å². The second-order valence-electron chi connectivity index (χ2n) is 5.45. The third-order valence-electron chi connectivity index (χ3n) is 3.70. The number of benzene rings is 2. The van der Waals surface area contributed by atoms with Gasteiger partial charge in [0.15, 0.2) is 0 Å². The summed E-state index contributed by atoms with van der Waals surface area (Å²) in [4.78, 5) is 12.8. The van der Waals surface area contributed by atoms with Gasteiger partial charge in [-0.2, -0.15) is 12.1 Å². The molecule has 0 aromatic heterocycles. The molecule has 0 saturated heterocycles. The van der Waals surface area contributed by atoms with Crippen molar-refractivity contribution in [3.8, 4) is 0 Å². The first-order chi connectivity index (χ1) is 12.4. The van der Waals surface area contributed by atoms with Crippen molar-refractivity contribution < 1.29 is 21.9 Å². The van der Waals surface area contributed by atoms with Gasteiger partial charge in [0.1, 0.15) is 5.52 Å². The van der Waals surface area contributed by atoms with Crippen LogP contribution in [0.1, 0.15) is 10.4 Å². The molecule has 0 spiro atoms. The van der Waals surface area contributed by atoms with Crippen LogP contribution in [-0.4, -0.2) is 5.52 Å². The maximum atomic E-state index is 12.8. The monoisotopic (exact) mass is 398 g/mol. The van der Waals surface area contributed by atoms with Gasteiger partial charge in [0, 0.05) is 25.0 Å². The van der Waals surface area contributed by atoms with Crippen molar-refractivity contribution in [2.75, 3.05) is 0 Å². The van der Waals surface area contributed by atoms with Gasteiger partial charge in [0.05, 0.1) is 0 Å². The van der Waals surface area contributed by atoms with E-state index in [-0.39, 0.29) is 22.6 Å². The van der Waals surface area contributed by atoms with E-state index in [0.717, 1.165) is 16.2 Å². The molecule has 26 heavy (non-hydrogen) atoms. The Balaban J connectivity index is 0.000000351. The van der Waals surface area contributed by atoms with Crippen molar-refractivity contribution in [1.82, 2.24) is 0 Å². The zero-order chi connectivity index (χ0) is 17.3. The second-order valence-corrected chi connectivity index (χ2v) is 7.56. The number of rotatable bonds is 4. The van der Waals surface area contributed by atoms with Crippen LogP contribution >= 0.6 is 7.92 Å². The van der Waals surface area contributed by atoms with E-state index in [1.807, 2.05) is 115 Å². The molecule has 0 N–H and O–H groups in total. The Morgan fingerprint density at radius 2 is 1.04 bits per heavy atom. The Kier molecular flexibility index (Phi) is 8.25. The molecular weight excluding hydrogens is 379 g/mol. The smallest absolute Gasteiger partial charge is 0.139 e. The molecule has 4 aromatic rings. The summed E-state index contributed by atoms with van der Waals surface area (Å²) in [6.45, 7) is 0. The summed E-state index contributed by atoms with van der Waals surface area (Å²) in [5.74, 6) is 0. The molecule has 0 atom stereocenters. The van der Waals surface area contributed by atoms with Gasteiger partial charge in [-0.3, -0.25) is 0 Å². The van der Waals surface area contributed by atoms with Crippen LogP contribution in [0.4, 0.5) is 0 Å². The SMILES string of the molecule is O=C([c-]1cccc1)P(c1ccccc1)c1ccccc1.[Fe].[cH-]1[cH-][cH-][cH-][cH-]1. The Hall–Kier alpha value is -2.24. The zero-order valence-corrected chi connectivity index (χ0v) is 16.2. The Morgan fingerprint density at radius 3 is 1.42 bits per heavy atom. The predicted molar refractivity (Wildman–Crippen MR) is 107 cm³/mol. The first-order valence-corrected chi connectivity index (χ1v) is 9.53. The molecule has 4 aromatic carbocycles. The Bertz CT molecular complexity index is 797. The molecule has 0 saturated carbocycles. The van der Waals surface area contributed by atoms with Crippen molar-refractivity contribution in [3.05, 3.63) is 121 Å². The third-order valence-corrected chi connectivity index (χ3v) is 5.99. The molecule has 1 nitrogen and oxygen atoms in total. The maximum Gasteiger partial charge on any atom is 0.139 e. The van der Waals surface area contributed by atoms with Gasteiger partial charge in [0.2, 0.25) is 0 Å². The molecule has 0 fully saturated rings. The van der Waals surface area contributed by atoms with Gasteiger partial charge in [0.25, 0.3) is 0 Å². The van der Waals surface area contributed by atoms with Gasteiger partial charge in [-0.05, 0) is 10.6 Å². The van der Waals surface area contributed by atoms with Gasteiger partial charge >= 0.3 is 0 Å². The molecule has 4 rings (SSSR count). The van der Waals surface area contributed by atoms with E-state index in [2.05, 4.69) is 0 Å². The summed E-state index contributed by atoms with van der Waals surface area (Å²) in [7, 11) is -1.00. The van der Waals surface area contributed by atoms with Crippen LogP contribution in [-0.2, 0) is 17.1 Å². The molecule has 136 valence electrons. The summed E-state index contributed by atoms with van der Waals surface area (Å²) in [5.41, 5.74) is 1.01. The van der Waals surface area contributed by atoms with Crippen LogP contribution in [0, 0.1) is 0 Å². The van der Waals surface area contributed by atoms with Gasteiger partial charge in [-0.15, -0.1) is 0 Å². The van der Waals surface area contributed by atoms with E-state index in [0.29, 0.717) is 0 Å². The van der Waals surface area contributed by atoms with E-state index < -0.39 is 7.92 Å². The summed E-state index contributed by atoms with van der Waals surface area (Å²) in [6.07, 6.45) is 0. The molecule has 0 aliphatic rings. The first-order valence-electron chi connectivity index (χ1n) is 8.19. The average molecular weight is 398 g/mol. The molecule has 0 bridgehead atoms. The van der Waals surface area contributed by atoms with E-state index in [4.69, 9.17) is 0 Å². The third kappa shape index (κ3) is 5.38. The minimum absolute atomic E-state index is 0. The number of hydrogen-bond donors (Lipinski definition) is 0. The van der Waals surface area contributed by atoms with E-state index in [9.17, 15) is 4.79 Å². The van der Waals surface area contributed by atoms with Crippen molar-refractivity contribution in [2.45, 2.75) is 0 Å². The van der Waals surface area contributed by atoms with Crippen LogP contribution in [0.2, 0.25) is 0 Å². The van der Waals surface area contributed by atoms with Gasteiger partial charge in [-0.25, -0.2) is 12.1 Å². The second kappa shape index (κ2) is 10.7. The van der Waals surface area contributed by atoms with Crippen LogP contribution in [0.3, 0.4) is 0 Å². The quantitative estimate of drug-likeness (QED) is 0.266. The molecule has 0 aliphatic carbocycles. The summed E-state index contributed by atoms with van der Waals surface area (Å²) in [5, 5.41) is 2.19. The Morgan fingerprint density at radius 1 is 0.654 bits per heavy atom. The van der Waals surface area contributed by atoms with Gasteiger partial charge in [-0.1, -0.05) is 66.2 Å². The molecule has 0 aliphatic heterocycles. The zero-order valence-electron chi connectivity index (χ0n) is 14.2. The van der Waals surface area contributed by atoms with E-state index in [1.54, 1.807) is 0 Å². The topological polar surface area (TPSA) is 17.1 Å². The average Bonchev–Trinajstić information content (AvgIpc) is 3.40. The van der Waals surface area contributed by atoms with Crippen molar-refractivity contribution in [2.24, 2.45) is 0 Å². The molecule has 0 radical (unpaired) electrons. The van der Waals surface area contributed by atoms with Crippen LogP contribution in [0.5, 0.6) is 0 Å². The molecule has 0 heterocycles. The molecule has 0 amide bonds. The fraction of sp³-hybridized carbons (Fsp3) is 0. The van der Waals surface area contributed by atoms with Crippen molar-refractivity contribution >= 4 is 24.1 Å². The fourth-order valence-corrected chi connectivity index (χ4v) is 4.62. The van der Waals surface area contributed by atoms with E-state index >= 15 is 0 Å². The summed E-state index contributed by atoms with van der Waals surface area (Å²) >= 11 is 0. The fourth-order valence-electron chi connectivity index (χ4n) is 2.50. The van der Waals surface area contributed by atoms with Crippen LogP contribution in [0.15, 0.2) is 115 Å². The molecule has 3 heteroatoms. The number of carbonyl (C=O) groups excluding carboxylic acids is 1. The van der Waals surface area contributed by atoms with Crippen molar-refractivity contribution in [1.29, 1.82) is 0 Å². The molecule has 0 unspecified atom stereocenters. The Labute approximate surface area is 166 Å². The predicted octanol–water partition coefficient (Wildman–Crippen LogP) is 5.08. The van der Waals surface area contributed by atoms with Gasteiger partial charge < -0.3 is 35.1 Å². The minimum Gasteiger partial charge on any atom is -0.748 e. The van der Waals surface area contributed by atoms with Crippen LogP contribution < -0.4 is 10.6 Å². The summed E-state index contributed by atoms with van der Waals surface area (Å²) in [6, 6.07) is 37.7.